The van der Waals surface area contributed by atoms with E-state index in [1.165, 1.54) is 0 Å². The van der Waals surface area contributed by atoms with E-state index >= 15 is 0 Å². The molecule has 1 amide bonds. The number of benzene rings is 1. The standard InChI is InChI=1S/C16H22N2O3/c1-10(2)9-13(16(20)21)18-15(19)14-12-6-4-3-5-11(12)7-8-17-14/h3-6,10,13-14,17H,7-9H2,1-2H3,(H,18,19)(H,20,21)/t13-,14?/m1/s1. The number of carboxylic acids is 1. The summed E-state index contributed by atoms with van der Waals surface area (Å²) in [5, 5.41) is 15.1. The lowest BCUT2D eigenvalue weighted by Crippen LogP contribution is -2.48. The zero-order valence-electron chi connectivity index (χ0n) is 12.4. The molecule has 1 aliphatic rings. The smallest absolute Gasteiger partial charge is 0.326 e. The van der Waals surface area contributed by atoms with Crippen LogP contribution in [0.4, 0.5) is 0 Å². The summed E-state index contributed by atoms with van der Waals surface area (Å²) in [4.78, 5) is 23.7. The highest BCUT2D eigenvalue weighted by Crippen LogP contribution is 2.23. The molecule has 0 spiro atoms. The normalized spacial score (nSPS) is 18.9. The van der Waals surface area contributed by atoms with Gasteiger partial charge in [-0.3, -0.25) is 4.79 Å². The zero-order valence-corrected chi connectivity index (χ0v) is 12.4. The number of aliphatic carboxylic acids is 1. The number of hydrogen-bond acceptors (Lipinski definition) is 3. The van der Waals surface area contributed by atoms with E-state index in [1.807, 2.05) is 38.1 Å². The minimum atomic E-state index is -0.985. The minimum absolute atomic E-state index is 0.206. The van der Waals surface area contributed by atoms with Crippen LogP contribution >= 0.6 is 0 Å². The Morgan fingerprint density at radius 1 is 1.38 bits per heavy atom. The summed E-state index contributed by atoms with van der Waals surface area (Å²) in [6, 6.07) is 6.48. The number of amides is 1. The van der Waals surface area contributed by atoms with E-state index in [2.05, 4.69) is 10.6 Å². The first-order valence-corrected chi connectivity index (χ1v) is 7.33. The summed E-state index contributed by atoms with van der Waals surface area (Å²) in [5.41, 5.74) is 2.09. The van der Waals surface area contributed by atoms with Gasteiger partial charge in [0.1, 0.15) is 12.1 Å². The monoisotopic (exact) mass is 290 g/mol. The predicted molar refractivity (Wildman–Crippen MR) is 79.9 cm³/mol. The molecule has 1 aromatic rings. The van der Waals surface area contributed by atoms with Crippen LogP contribution < -0.4 is 10.6 Å². The van der Waals surface area contributed by atoms with Gasteiger partial charge in [-0.15, -0.1) is 0 Å². The number of fused-ring (bicyclic) bond motifs is 1. The van der Waals surface area contributed by atoms with Crippen LogP contribution in [0.15, 0.2) is 24.3 Å². The van der Waals surface area contributed by atoms with Crippen LogP contribution in [0.25, 0.3) is 0 Å². The van der Waals surface area contributed by atoms with E-state index in [0.29, 0.717) is 6.42 Å². The number of carbonyl (C=O) groups excluding carboxylic acids is 1. The van der Waals surface area contributed by atoms with Crippen molar-refractivity contribution in [2.45, 2.75) is 38.8 Å². The van der Waals surface area contributed by atoms with Crippen molar-refractivity contribution in [2.75, 3.05) is 6.54 Å². The lowest BCUT2D eigenvalue weighted by Gasteiger charge is -2.27. The maximum absolute atomic E-state index is 12.4. The van der Waals surface area contributed by atoms with Crippen LogP contribution in [0.1, 0.15) is 37.4 Å². The van der Waals surface area contributed by atoms with Crippen molar-refractivity contribution in [3.63, 3.8) is 0 Å². The van der Waals surface area contributed by atoms with E-state index in [1.54, 1.807) is 0 Å². The number of hydrogen-bond donors (Lipinski definition) is 3. The average Bonchev–Trinajstić information content (AvgIpc) is 2.45. The molecule has 0 radical (unpaired) electrons. The molecule has 1 heterocycles. The lowest BCUT2D eigenvalue weighted by atomic mass is 9.93. The molecule has 0 aliphatic carbocycles. The van der Waals surface area contributed by atoms with Gasteiger partial charge in [0.15, 0.2) is 0 Å². The van der Waals surface area contributed by atoms with Crippen LogP contribution in [0.3, 0.4) is 0 Å². The third-order valence-corrected chi connectivity index (χ3v) is 3.69. The molecule has 2 rings (SSSR count). The Hall–Kier alpha value is -1.88. The first-order valence-electron chi connectivity index (χ1n) is 7.33. The van der Waals surface area contributed by atoms with Crippen molar-refractivity contribution in [1.82, 2.24) is 10.6 Å². The van der Waals surface area contributed by atoms with Crippen molar-refractivity contribution in [2.24, 2.45) is 5.92 Å². The second-order valence-corrected chi connectivity index (χ2v) is 5.86. The van der Waals surface area contributed by atoms with Crippen LogP contribution in [0.5, 0.6) is 0 Å². The summed E-state index contributed by atoms with van der Waals surface area (Å²) in [5.74, 6) is -1.05. The van der Waals surface area contributed by atoms with Gasteiger partial charge in [-0.25, -0.2) is 4.79 Å². The first kappa shape index (κ1) is 15.5. The van der Waals surface area contributed by atoms with Gasteiger partial charge in [0.05, 0.1) is 0 Å². The third kappa shape index (κ3) is 3.82. The van der Waals surface area contributed by atoms with Crippen molar-refractivity contribution < 1.29 is 14.7 Å². The SMILES string of the molecule is CC(C)C[C@@H](NC(=O)C1NCCc2ccccc21)C(=O)O. The maximum atomic E-state index is 12.4. The van der Waals surface area contributed by atoms with E-state index in [-0.39, 0.29) is 11.8 Å². The van der Waals surface area contributed by atoms with E-state index in [9.17, 15) is 14.7 Å². The molecule has 5 heteroatoms. The van der Waals surface area contributed by atoms with Crippen LogP contribution in [0.2, 0.25) is 0 Å². The Bertz CT molecular complexity index is 528. The number of nitrogens with one attached hydrogen (secondary N) is 2. The lowest BCUT2D eigenvalue weighted by molar-refractivity contribution is -0.142. The molecule has 21 heavy (non-hydrogen) atoms. The van der Waals surface area contributed by atoms with E-state index < -0.39 is 18.1 Å². The summed E-state index contributed by atoms with van der Waals surface area (Å²) < 4.78 is 0. The fourth-order valence-corrected chi connectivity index (χ4v) is 2.69. The predicted octanol–water partition coefficient (Wildman–Crippen LogP) is 1.49. The highest BCUT2D eigenvalue weighted by molar-refractivity contribution is 5.88. The fourth-order valence-electron chi connectivity index (χ4n) is 2.69. The molecule has 5 nitrogen and oxygen atoms in total. The molecule has 0 saturated heterocycles. The molecular weight excluding hydrogens is 268 g/mol. The summed E-state index contributed by atoms with van der Waals surface area (Å²) in [6.07, 6.45) is 1.31. The fraction of sp³-hybridized carbons (Fsp3) is 0.500. The number of carbonyl (C=O) groups is 2. The molecular formula is C16H22N2O3. The summed E-state index contributed by atoms with van der Waals surface area (Å²) in [7, 11) is 0. The second-order valence-electron chi connectivity index (χ2n) is 5.86. The van der Waals surface area contributed by atoms with Gasteiger partial charge >= 0.3 is 5.97 Å². The second kappa shape index (κ2) is 6.72. The summed E-state index contributed by atoms with van der Waals surface area (Å²) >= 11 is 0. The van der Waals surface area contributed by atoms with Crippen LogP contribution in [0, 0.1) is 5.92 Å². The highest BCUT2D eigenvalue weighted by Gasteiger charge is 2.29. The molecule has 0 bridgehead atoms. The Balaban J connectivity index is 2.12. The van der Waals surface area contributed by atoms with Gasteiger partial charge in [0.2, 0.25) is 5.91 Å². The van der Waals surface area contributed by atoms with Gasteiger partial charge in [-0.1, -0.05) is 38.1 Å². The Kier molecular flexibility index (Phi) is 4.96. The molecule has 114 valence electrons. The van der Waals surface area contributed by atoms with Gasteiger partial charge < -0.3 is 15.7 Å². The third-order valence-electron chi connectivity index (χ3n) is 3.69. The van der Waals surface area contributed by atoms with Gasteiger partial charge in [-0.05, 0) is 29.9 Å². The first-order chi connectivity index (χ1) is 9.99. The molecule has 0 saturated carbocycles. The Labute approximate surface area is 124 Å². The molecule has 0 aromatic heterocycles. The van der Waals surface area contributed by atoms with Crippen molar-refractivity contribution in [3.8, 4) is 0 Å². The van der Waals surface area contributed by atoms with E-state index in [0.717, 1.165) is 24.1 Å². The largest absolute Gasteiger partial charge is 0.480 e. The Morgan fingerprint density at radius 2 is 2.10 bits per heavy atom. The summed E-state index contributed by atoms with van der Waals surface area (Å²) in [6.45, 7) is 4.60. The number of rotatable bonds is 5. The van der Waals surface area contributed by atoms with Crippen LogP contribution in [-0.4, -0.2) is 29.6 Å². The quantitative estimate of drug-likeness (QED) is 0.767. The molecule has 1 aromatic carbocycles. The van der Waals surface area contributed by atoms with Crippen molar-refractivity contribution >= 4 is 11.9 Å². The average molecular weight is 290 g/mol. The minimum Gasteiger partial charge on any atom is -0.480 e. The molecule has 2 atom stereocenters. The molecule has 1 unspecified atom stereocenters. The van der Waals surface area contributed by atoms with Crippen molar-refractivity contribution in [3.05, 3.63) is 35.4 Å². The maximum Gasteiger partial charge on any atom is 0.326 e. The van der Waals surface area contributed by atoms with Crippen LogP contribution in [-0.2, 0) is 16.0 Å². The van der Waals surface area contributed by atoms with Gasteiger partial charge in [-0.2, -0.15) is 0 Å². The Morgan fingerprint density at radius 3 is 2.76 bits per heavy atom. The molecule has 3 N–H and O–H groups in total. The van der Waals surface area contributed by atoms with Crippen molar-refractivity contribution in [1.29, 1.82) is 0 Å². The zero-order chi connectivity index (χ0) is 15.4. The molecule has 1 aliphatic heterocycles. The van der Waals surface area contributed by atoms with E-state index in [4.69, 9.17) is 0 Å². The topological polar surface area (TPSA) is 78.4 Å². The van der Waals surface area contributed by atoms with Gasteiger partial charge in [0.25, 0.3) is 0 Å². The van der Waals surface area contributed by atoms with Gasteiger partial charge in [0, 0.05) is 6.54 Å². The highest BCUT2D eigenvalue weighted by atomic mass is 16.4. The number of carboxylic acid groups (broad SMARTS) is 1. The molecule has 0 fully saturated rings.